The number of nitrogens with one attached hydrogen (secondary N) is 2. The van der Waals surface area contributed by atoms with Gasteiger partial charge >= 0.3 is 0 Å². The van der Waals surface area contributed by atoms with Crippen molar-refractivity contribution in [1.82, 2.24) is 25.7 Å². The van der Waals surface area contributed by atoms with Crippen molar-refractivity contribution in [2.24, 2.45) is 0 Å². The van der Waals surface area contributed by atoms with Crippen LogP contribution >= 0.6 is 0 Å². The Labute approximate surface area is 269 Å². The quantitative estimate of drug-likeness (QED) is 0.200. The number of benzene rings is 3. The number of amides is 1. The van der Waals surface area contributed by atoms with Crippen LogP contribution < -0.4 is 29.9 Å². The van der Waals surface area contributed by atoms with E-state index in [1.165, 1.54) is 19.3 Å². The van der Waals surface area contributed by atoms with Gasteiger partial charge in [0.2, 0.25) is 0 Å². The average Bonchev–Trinajstić information content (AvgIpc) is 3.10. The number of para-hydroxylation sites is 1. The van der Waals surface area contributed by atoms with E-state index in [-0.39, 0.29) is 5.91 Å². The Morgan fingerprint density at radius 3 is 2.41 bits per heavy atom. The van der Waals surface area contributed by atoms with Gasteiger partial charge in [0.05, 0.1) is 18.7 Å². The molecule has 2 N–H and O–H groups in total. The van der Waals surface area contributed by atoms with Gasteiger partial charge in [-0.3, -0.25) is 10.2 Å². The molecule has 4 aromatic rings. The number of hydrogen-bond acceptors (Lipinski definition) is 10. The van der Waals surface area contributed by atoms with Crippen molar-refractivity contribution in [2.45, 2.75) is 31.7 Å². The molecule has 2 aliphatic rings. The highest BCUT2D eigenvalue weighted by Gasteiger charge is 2.23. The number of hydrazine groups is 1. The number of piperidine rings is 1. The van der Waals surface area contributed by atoms with Gasteiger partial charge in [0.1, 0.15) is 30.3 Å². The summed E-state index contributed by atoms with van der Waals surface area (Å²) in [6.07, 6.45) is 6.23. The fourth-order valence-electron chi connectivity index (χ4n) is 5.78. The second-order valence-electron chi connectivity index (χ2n) is 11.5. The zero-order valence-corrected chi connectivity index (χ0v) is 26.3. The Hall–Kier alpha value is -4.45. The summed E-state index contributed by atoms with van der Waals surface area (Å²) >= 11 is 0. The van der Waals surface area contributed by atoms with Gasteiger partial charge in [0.15, 0.2) is 11.5 Å². The van der Waals surface area contributed by atoms with E-state index in [2.05, 4.69) is 25.6 Å². The first kappa shape index (κ1) is 31.5. The number of carbonyl (C=O) groups is 1. The molecule has 1 aromatic heterocycles. The molecular formula is C35H42N6O5. The van der Waals surface area contributed by atoms with Crippen LogP contribution in [0.1, 0.15) is 36.0 Å². The van der Waals surface area contributed by atoms with Crippen molar-refractivity contribution in [3.05, 3.63) is 78.6 Å². The van der Waals surface area contributed by atoms with E-state index in [4.69, 9.17) is 18.9 Å². The minimum atomic E-state index is -0.156. The van der Waals surface area contributed by atoms with Gasteiger partial charge in [-0.1, -0.05) is 24.6 Å². The molecule has 1 atom stereocenters. The molecule has 0 aliphatic carbocycles. The van der Waals surface area contributed by atoms with Crippen LogP contribution in [0.5, 0.6) is 23.0 Å². The number of rotatable bonds is 13. The number of carbonyl (C=O) groups excluding carboxylic acids is 1. The van der Waals surface area contributed by atoms with E-state index in [1.807, 2.05) is 47.5 Å². The van der Waals surface area contributed by atoms with Gasteiger partial charge in [-0.05, 0) is 68.3 Å². The Morgan fingerprint density at radius 1 is 0.891 bits per heavy atom. The second-order valence-corrected chi connectivity index (χ2v) is 11.5. The largest absolute Gasteiger partial charge is 0.490 e. The van der Waals surface area contributed by atoms with E-state index in [1.54, 1.807) is 37.7 Å². The summed E-state index contributed by atoms with van der Waals surface area (Å²) in [5.74, 6) is 3.44. The molecule has 0 saturated carbocycles. The normalized spacial score (nSPS) is 17.1. The molecule has 1 unspecified atom stereocenters. The molecule has 0 spiro atoms. The molecule has 2 fully saturated rings. The third kappa shape index (κ3) is 8.22. The highest BCUT2D eigenvalue weighted by molar-refractivity contribution is 5.94. The number of hydrogen-bond donors (Lipinski definition) is 2. The van der Waals surface area contributed by atoms with Gasteiger partial charge in [0.25, 0.3) is 5.91 Å². The molecule has 3 heterocycles. The summed E-state index contributed by atoms with van der Waals surface area (Å²) in [6, 6.07) is 21.1. The minimum Gasteiger partial charge on any atom is -0.490 e. The number of ether oxygens (including phenoxy) is 4. The van der Waals surface area contributed by atoms with E-state index < -0.39 is 0 Å². The molecule has 46 heavy (non-hydrogen) atoms. The van der Waals surface area contributed by atoms with E-state index in [9.17, 15) is 4.79 Å². The molecule has 3 aromatic carbocycles. The lowest BCUT2D eigenvalue weighted by atomic mass is 10.0. The van der Waals surface area contributed by atoms with Crippen molar-refractivity contribution >= 4 is 22.6 Å². The lowest BCUT2D eigenvalue weighted by molar-refractivity contribution is 0.0777. The predicted octanol–water partition coefficient (Wildman–Crippen LogP) is 4.83. The second kappa shape index (κ2) is 15.7. The maximum Gasteiger partial charge on any atom is 0.265 e. The maximum absolute atomic E-state index is 13.0. The van der Waals surface area contributed by atoms with Crippen LogP contribution in [0.2, 0.25) is 0 Å². The number of piperazine rings is 1. The monoisotopic (exact) mass is 626 g/mol. The van der Waals surface area contributed by atoms with Crippen LogP contribution in [-0.4, -0.2) is 86.6 Å². The summed E-state index contributed by atoms with van der Waals surface area (Å²) in [6.45, 7) is 5.20. The first-order chi connectivity index (χ1) is 22.7. The van der Waals surface area contributed by atoms with Gasteiger partial charge in [-0.15, -0.1) is 0 Å². The molecule has 11 nitrogen and oxygen atoms in total. The first-order valence-corrected chi connectivity index (χ1v) is 16.1. The molecule has 6 rings (SSSR count). The Morgan fingerprint density at radius 2 is 1.65 bits per heavy atom. The molecule has 0 bridgehead atoms. The summed E-state index contributed by atoms with van der Waals surface area (Å²) in [4.78, 5) is 24.4. The third-order valence-electron chi connectivity index (χ3n) is 8.30. The number of aromatic nitrogens is 2. The summed E-state index contributed by atoms with van der Waals surface area (Å²) in [7, 11) is 1.66. The highest BCUT2D eigenvalue weighted by atomic mass is 16.5. The third-order valence-corrected chi connectivity index (χ3v) is 8.30. The number of methoxy groups -OCH3 is 1. The van der Waals surface area contributed by atoms with Crippen LogP contribution in [0.15, 0.2) is 73.1 Å². The molecule has 2 aliphatic heterocycles. The fourth-order valence-corrected chi connectivity index (χ4v) is 5.78. The lowest BCUT2D eigenvalue weighted by Gasteiger charge is -2.35. The standard InChI is InChI=1S/C35H42N6O5/c1-43-21-22-45-32-23-30-31(24-33(32)44-20-14-27-7-5-6-15-36-27)37-25-38-34(30)40-16-18-41(19-17-40)39-35(42)26-10-12-29(13-11-26)46-28-8-3-2-4-9-28/h2-4,8-13,23-25,27,36H,5-7,14-22H2,1H3,(H,39,42). The molecule has 2 saturated heterocycles. The van der Waals surface area contributed by atoms with Crippen molar-refractivity contribution < 1.29 is 23.7 Å². The van der Waals surface area contributed by atoms with Crippen molar-refractivity contribution in [1.29, 1.82) is 0 Å². The van der Waals surface area contributed by atoms with E-state index >= 15 is 0 Å². The summed E-state index contributed by atoms with van der Waals surface area (Å²) in [5.41, 5.74) is 4.41. The summed E-state index contributed by atoms with van der Waals surface area (Å²) in [5, 5.41) is 6.42. The molecule has 1 amide bonds. The van der Waals surface area contributed by atoms with Gasteiger partial charge in [0, 0.05) is 56.3 Å². The Kier molecular flexibility index (Phi) is 10.8. The molecular weight excluding hydrogens is 584 g/mol. The number of nitrogens with zero attached hydrogens (tertiary/aromatic N) is 4. The molecule has 11 heteroatoms. The van der Waals surface area contributed by atoms with Crippen LogP contribution in [-0.2, 0) is 4.74 Å². The van der Waals surface area contributed by atoms with Crippen molar-refractivity contribution in [2.75, 3.05) is 64.6 Å². The maximum atomic E-state index is 13.0. The topological polar surface area (TPSA) is 110 Å². The fraction of sp³-hybridized carbons (Fsp3) is 0.400. The lowest BCUT2D eigenvalue weighted by Crippen LogP contribution is -2.53. The SMILES string of the molecule is COCCOc1cc2c(N3CCN(NC(=O)c4ccc(Oc5ccccc5)cc4)CC3)ncnc2cc1OCCC1CCCCN1. The van der Waals surface area contributed by atoms with Crippen molar-refractivity contribution in [3.63, 3.8) is 0 Å². The molecule has 242 valence electrons. The molecule has 0 radical (unpaired) electrons. The van der Waals surface area contributed by atoms with Crippen LogP contribution in [0, 0.1) is 0 Å². The van der Waals surface area contributed by atoms with E-state index in [0.717, 1.165) is 35.4 Å². The predicted molar refractivity (Wildman–Crippen MR) is 177 cm³/mol. The zero-order valence-electron chi connectivity index (χ0n) is 26.3. The summed E-state index contributed by atoms with van der Waals surface area (Å²) < 4.78 is 23.4. The zero-order chi connectivity index (χ0) is 31.6. The number of anilines is 1. The van der Waals surface area contributed by atoms with Crippen molar-refractivity contribution in [3.8, 4) is 23.0 Å². The van der Waals surface area contributed by atoms with Crippen LogP contribution in [0.25, 0.3) is 10.9 Å². The van der Waals surface area contributed by atoms with Gasteiger partial charge < -0.3 is 29.2 Å². The van der Waals surface area contributed by atoms with Gasteiger partial charge in [-0.2, -0.15) is 0 Å². The first-order valence-electron chi connectivity index (χ1n) is 16.1. The Bertz CT molecular complexity index is 1560. The minimum absolute atomic E-state index is 0.156. The number of fused-ring (bicyclic) bond motifs is 1. The van der Waals surface area contributed by atoms with Crippen LogP contribution in [0.3, 0.4) is 0 Å². The van der Waals surface area contributed by atoms with Gasteiger partial charge in [-0.25, -0.2) is 15.0 Å². The Balaban J connectivity index is 1.07. The smallest absolute Gasteiger partial charge is 0.265 e. The average molecular weight is 627 g/mol. The van der Waals surface area contributed by atoms with Crippen LogP contribution in [0.4, 0.5) is 5.82 Å². The highest BCUT2D eigenvalue weighted by Crippen LogP contribution is 2.36. The van der Waals surface area contributed by atoms with E-state index in [0.29, 0.717) is 74.9 Å².